The van der Waals surface area contributed by atoms with Crippen LogP contribution in [0.4, 0.5) is 0 Å². The Morgan fingerprint density at radius 2 is 1.00 bits per heavy atom. The highest BCUT2D eigenvalue weighted by Gasteiger charge is 2.30. The molecule has 0 aliphatic carbocycles. The van der Waals surface area contributed by atoms with Gasteiger partial charge in [-0.1, -0.05) is 39.3 Å². The van der Waals surface area contributed by atoms with Gasteiger partial charge in [0.1, 0.15) is 0 Å². The Morgan fingerprint density at radius 3 is 1.13 bits per heavy atom. The Labute approximate surface area is 99.3 Å². The van der Waals surface area contributed by atoms with E-state index in [1.807, 2.05) is 0 Å². The molecular formula is C12H31NSi2. The molecule has 0 heterocycles. The van der Waals surface area contributed by atoms with E-state index in [4.69, 9.17) is 0 Å². The van der Waals surface area contributed by atoms with Crippen molar-refractivity contribution in [1.29, 1.82) is 0 Å². The second-order valence-electron chi connectivity index (χ2n) is 8.15. The SMILES string of the molecule is CC(C)(C)N(C[Si](C)(C)C)C[Si](C)(C)C. The van der Waals surface area contributed by atoms with Gasteiger partial charge >= 0.3 is 0 Å². The van der Waals surface area contributed by atoms with Crippen molar-refractivity contribution in [3.8, 4) is 0 Å². The van der Waals surface area contributed by atoms with Crippen molar-refractivity contribution in [2.24, 2.45) is 0 Å². The van der Waals surface area contributed by atoms with Crippen LogP contribution in [0.3, 0.4) is 0 Å². The first kappa shape index (κ1) is 15.4. The summed E-state index contributed by atoms with van der Waals surface area (Å²) in [6.07, 6.45) is 2.67. The highest BCUT2D eigenvalue weighted by Crippen LogP contribution is 2.19. The molecule has 0 N–H and O–H groups in total. The molecule has 0 aromatic heterocycles. The molecule has 0 saturated heterocycles. The van der Waals surface area contributed by atoms with Crippen molar-refractivity contribution in [2.75, 3.05) is 12.3 Å². The normalized spacial score (nSPS) is 14.8. The van der Waals surface area contributed by atoms with Gasteiger partial charge in [-0.3, -0.25) is 0 Å². The summed E-state index contributed by atoms with van der Waals surface area (Å²) in [4.78, 5) is 2.73. The fourth-order valence-corrected chi connectivity index (χ4v) is 5.36. The molecular weight excluding hydrogens is 214 g/mol. The van der Waals surface area contributed by atoms with Crippen LogP contribution < -0.4 is 0 Å². The van der Waals surface area contributed by atoms with E-state index >= 15 is 0 Å². The molecule has 92 valence electrons. The summed E-state index contributed by atoms with van der Waals surface area (Å²) >= 11 is 0. The van der Waals surface area contributed by atoms with Crippen LogP contribution in [-0.4, -0.2) is 38.9 Å². The lowest BCUT2D eigenvalue weighted by molar-refractivity contribution is 0.186. The average molecular weight is 246 g/mol. The first-order valence-electron chi connectivity index (χ1n) is 6.06. The lowest BCUT2D eigenvalue weighted by Gasteiger charge is -2.42. The molecule has 0 atom stereocenters. The number of nitrogens with zero attached hydrogens (tertiary/aromatic N) is 1. The third kappa shape index (κ3) is 8.23. The van der Waals surface area contributed by atoms with E-state index in [9.17, 15) is 0 Å². The molecule has 15 heavy (non-hydrogen) atoms. The average Bonchev–Trinajstić information content (AvgIpc) is 1.75. The van der Waals surface area contributed by atoms with Crippen molar-refractivity contribution in [1.82, 2.24) is 4.90 Å². The van der Waals surface area contributed by atoms with Gasteiger partial charge in [0.15, 0.2) is 0 Å². The smallest absolute Gasteiger partial charge is 0.0599 e. The summed E-state index contributed by atoms with van der Waals surface area (Å²) < 4.78 is 0. The fourth-order valence-electron chi connectivity index (χ4n) is 1.68. The Bertz CT molecular complexity index is 177. The van der Waals surface area contributed by atoms with Gasteiger partial charge in [-0.25, -0.2) is 0 Å². The second kappa shape index (κ2) is 4.72. The van der Waals surface area contributed by atoms with Crippen LogP contribution in [-0.2, 0) is 0 Å². The van der Waals surface area contributed by atoms with Gasteiger partial charge in [0.05, 0.1) is 16.1 Å². The summed E-state index contributed by atoms with van der Waals surface area (Å²) in [7, 11) is -1.96. The molecule has 0 radical (unpaired) electrons. The lowest BCUT2D eigenvalue weighted by atomic mass is 10.1. The van der Waals surface area contributed by atoms with Crippen LogP contribution in [0, 0.1) is 0 Å². The molecule has 0 aliphatic rings. The Balaban J connectivity index is 4.62. The van der Waals surface area contributed by atoms with E-state index in [1.54, 1.807) is 0 Å². The zero-order chi connectivity index (χ0) is 12.5. The Hall–Kier alpha value is 0.394. The van der Waals surface area contributed by atoms with Gasteiger partial charge in [0, 0.05) is 5.54 Å². The van der Waals surface area contributed by atoms with Crippen LogP contribution in [0.15, 0.2) is 0 Å². The van der Waals surface area contributed by atoms with Gasteiger partial charge in [-0.15, -0.1) is 0 Å². The van der Waals surface area contributed by atoms with Crippen molar-refractivity contribution in [3.63, 3.8) is 0 Å². The van der Waals surface area contributed by atoms with E-state index in [1.165, 1.54) is 12.3 Å². The van der Waals surface area contributed by atoms with Crippen molar-refractivity contribution in [2.45, 2.75) is 65.6 Å². The van der Waals surface area contributed by atoms with Crippen LogP contribution >= 0.6 is 0 Å². The molecule has 0 spiro atoms. The van der Waals surface area contributed by atoms with Gasteiger partial charge < -0.3 is 4.90 Å². The van der Waals surface area contributed by atoms with Gasteiger partial charge in [0.2, 0.25) is 0 Å². The van der Waals surface area contributed by atoms with E-state index in [-0.39, 0.29) is 0 Å². The summed E-state index contributed by atoms with van der Waals surface area (Å²) in [5, 5.41) is 0. The minimum absolute atomic E-state index is 0.334. The van der Waals surface area contributed by atoms with E-state index in [0.717, 1.165) is 0 Å². The first-order valence-corrected chi connectivity index (χ1v) is 13.5. The van der Waals surface area contributed by atoms with Crippen molar-refractivity contribution in [3.05, 3.63) is 0 Å². The quantitative estimate of drug-likeness (QED) is 0.680. The maximum atomic E-state index is 2.73. The van der Waals surface area contributed by atoms with Crippen LogP contribution in [0.25, 0.3) is 0 Å². The molecule has 1 nitrogen and oxygen atoms in total. The highest BCUT2D eigenvalue weighted by molar-refractivity contribution is 6.77. The standard InChI is InChI=1S/C12H31NSi2/c1-12(2,3)13(10-14(4,5)6)11-15(7,8)9/h10-11H2,1-9H3. The lowest BCUT2D eigenvalue weighted by Crippen LogP contribution is -2.55. The highest BCUT2D eigenvalue weighted by atomic mass is 28.3. The molecule has 3 heteroatoms. The van der Waals surface area contributed by atoms with Crippen molar-refractivity contribution < 1.29 is 0 Å². The van der Waals surface area contributed by atoms with E-state index in [2.05, 4.69) is 65.0 Å². The first-order chi connectivity index (χ1) is 6.31. The molecule has 0 fully saturated rings. The summed E-state index contributed by atoms with van der Waals surface area (Å²) in [6, 6.07) is 0. The van der Waals surface area contributed by atoms with Crippen molar-refractivity contribution >= 4 is 16.1 Å². The predicted octanol–water partition coefficient (Wildman–Crippen LogP) is 3.84. The molecule has 0 aromatic carbocycles. The molecule has 0 amide bonds. The zero-order valence-corrected chi connectivity index (χ0v) is 14.4. The maximum Gasteiger partial charge on any atom is 0.0599 e. The van der Waals surface area contributed by atoms with E-state index in [0.29, 0.717) is 5.54 Å². The monoisotopic (exact) mass is 245 g/mol. The van der Waals surface area contributed by atoms with E-state index < -0.39 is 16.1 Å². The molecule has 0 bridgehead atoms. The number of rotatable bonds is 4. The molecule has 0 rings (SSSR count). The summed E-state index contributed by atoms with van der Waals surface area (Å²) in [5.74, 6) is 0. The topological polar surface area (TPSA) is 3.24 Å². The van der Waals surface area contributed by atoms with Gasteiger partial charge in [-0.2, -0.15) is 0 Å². The minimum Gasteiger partial charge on any atom is -0.304 e. The maximum absolute atomic E-state index is 2.73. The molecule has 0 aliphatic heterocycles. The Morgan fingerprint density at radius 1 is 0.733 bits per heavy atom. The van der Waals surface area contributed by atoms with Gasteiger partial charge in [-0.05, 0) is 33.1 Å². The third-order valence-electron chi connectivity index (χ3n) is 2.28. The number of hydrogen-bond acceptors (Lipinski definition) is 1. The second-order valence-corrected chi connectivity index (χ2v) is 19.0. The van der Waals surface area contributed by atoms with Crippen LogP contribution in [0.1, 0.15) is 20.8 Å². The summed E-state index contributed by atoms with van der Waals surface area (Å²) in [5.41, 5.74) is 0.334. The van der Waals surface area contributed by atoms with Crippen LogP contribution in [0.2, 0.25) is 39.3 Å². The fraction of sp³-hybridized carbons (Fsp3) is 1.00. The molecule has 0 unspecified atom stereocenters. The molecule has 0 saturated carbocycles. The number of hydrogen-bond donors (Lipinski definition) is 0. The largest absolute Gasteiger partial charge is 0.304 e. The Kier molecular flexibility index (Phi) is 4.84. The van der Waals surface area contributed by atoms with Gasteiger partial charge in [0.25, 0.3) is 0 Å². The third-order valence-corrected chi connectivity index (χ3v) is 4.94. The predicted molar refractivity (Wildman–Crippen MR) is 78.0 cm³/mol. The molecule has 0 aromatic rings. The van der Waals surface area contributed by atoms with Crippen LogP contribution in [0.5, 0.6) is 0 Å². The minimum atomic E-state index is -0.982. The summed E-state index contributed by atoms with van der Waals surface area (Å²) in [6.45, 7) is 21.9. The zero-order valence-electron chi connectivity index (χ0n) is 12.4.